The molecule has 0 amide bonds. The Morgan fingerprint density at radius 1 is 0.941 bits per heavy atom. The molecule has 0 unspecified atom stereocenters. The summed E-state index contributed by atoms with van der Waals surface area (Å²) in [6, 6.07) is 20.4. The van der Waals surface area contributed by atoms with Gasteiger partial charge >= 0.3 is 0 Å². The highest BCUT2D eigenvalue weighted by atomic mass is 32.2. The average Bonchev–Trinajstić information content (AvgIpc) is 2.41. The van der Waals surface area contributed by atoms with Crippen LogP contribution in [0.2, 0.25) is 0 Å². The second-order valence-corrected chi connectivity index (χ2v) is 4.89. The molecule has 0 saturated heterocycles. The van der Waals surface area contributed by atoms with Crippen molar-refractivity contribution in [1.29, 1.82) is 5.26 Å². The minimum absolute atomic E-state index is 0.720. The standard InChI is InChI=1S/C15H13NS/c16-12-14-6-8-15(9-7-14)17-11-10-13-4-2-1-3-5-13/h1-9H,10-11H2. The maximum atomic E-state index is 8.70. The van der Waals surface area contributed by atoms with Crippen LogP contribution in [0.25, 0.3) is 0 Å². The number of hydrogen-bond donors (Lipinski definition) is 0. The van der Waals surface area contributed by atoms with Gasteiger partial charge in [0.05, 0.1) is 11.6 Å². The Bertz CT molecular complexity index is 497. The summed E-state index contributed by atoms with van der Waals surface area (Å²) in [4.78, 5) is 1.22. The molecule has 2 aromatic rings. The quantitative estimate of drug-likeness (QED) is 0.756. The molecule has 2 heteroatoms. The van der Waals surface area contributed by atoms with E-state index in [9.17, 15) is 0 Å². The molecule has 0 saturated carbocycles. The Morgan fingerprint density at radius 3 is 2.29 bits per heavy atom. The highest BCUT2D eigenvalue weighted by Gasteiger charge is 1.96. The molecule has 0 aromatic heterocycles. The third kappa shape index (κ3) is 3.65. The molecular formula is C15H13NS. The molecule has 0 aliphatic rings. The van der Waals surface area contributed by atoms with Gasteiger partial charge in [-0.15, -0.1) is 11.8 Å². The van der Waals surface area contributed by atoms with Gasteiger partial charge in [-0.1, -0.05) is 30.3 Å². The first-order valence-corrected chi connectivity index (χ1v) is 6.54. The number of nitriles is 1. The Balaban J connectivity index is 1.84. The van der Waals surface area contributed by atoms with Crippen molar-refractivity contribution in [3.8, 4) is 6.07 Å². The topological polar surface area (TPSA) is 23.8 Å². The van der Waals surface area contributed by atoms with E-state index in [-0.39, 0.29) is 0 Å². The number of hydrogen-bond acceptors (Lipinski definition) is 2. The molecule has 0 fully saturated rings. The Morgan fingerprint density at radius 2 is 1.65 bits per heavy atom. The van der Waals surface area contributed by atoms with Crippen LogP contribution in [-0.4, -0.2) is 5.75 Å². The zero-order valence-electron chi connectivity index (χ0n) is 9.47. The van der Waals surface area contributed by atoms with E-state index in [4.69, 9.17) is 5.26 Å². The van der Waals surface area contributed by atoms with Crippen molar-refractivity contribution in [2.24, 2.45) is 0 Å². The zero-order chi connectivity index (χ0) is 11.9. The van der Waals surface area contributed by atoms with Crippen molar-refractivity contribution < 1.29 is 0 Å². The van der Waals surface area contributed by atoms with Crippen LogP contribution in [-0.2, 0) is 6.42 Å². The molecule has 2 aromatic carbocycles. The molecule has 0 N–H and O–H groups in total. The van der Waals surface area contributed by atoms with Crippen LogP contribution in [0.4, 0.5) is 0 Å². The van der Waals surface area contributed by atoms with Crippen LogP contribution in [0.1, 0.15) is 11.1 Å². The molecule has 0 radical (unpaired) electrons. The van der Waals surface area contributed by atoms with Crippen molar-refractivity contribution in [3.05, 3.63) is 65.7 Å². The third-order valence-electron chi connectivity index (χ3n) is 2.49. The largest absolute Gasteiger partial charge is 0.192 e. The van der Waals surface area contributed by atoms with Gasteiger partial charge in [0.15, 0.2) is 0 Å². The van der Waals surface area contributed by atoms with E-state index in [2.05, 4.69) is 30.3 Å². The van der Waals surface area contributed by atoms with Gasteiger partial charge in [-0.05, 0) is 36.2 Å². The number of benzene rings is 2. The zero-order valence-corrected chi connectivity index (χ0v) is 10.3. The molecule has 84 valence electrons. The van der Waals surface area contributed by atoms with E-state index < -0.39 is 0 Å². The molecule has 2 rings (SSSR count). The number of thioether (sulfide) groups is 1. The predicted octanol–water partition coefficient (Wildman–Crippen LogP) is 3.89. The predicted molar refractivity (Wildman–Crippen MR) is 72.0 cm³/mol. The lowest BCUT2D eigenvalue weighted by atomic mass is 10.2. The molecule has 0 aliphatic heterocycles. The van der Waals surface area contributed by atoms with Gasteiger partial charge in [0.1, 0.15) is 0 Å². The Labute approximate surface area is 106 Å². The summed E-state index contributed by atoms with van der Waals surface area (Å²) in [5.74, 6) is 1.07. The second-order valence-electron chi connectivity index (χ2n) is 3.72. The molecule has 17 heavy (non-hydrogen) atoms. The lowest BCUT2D eigenvalue weighted by molar-refractivity contribution is 1.15. The van der Waals surface area contributed by atoms with E-state index in [1.165, 1.54) is 10.5 Å². The maximum absolute atomic E-state index is 8.70. The van der Waals surface area contributed by atoms with Gasteiger partial charge in [0.25, 0.3) is 0 Å². The van der Waals surface area contributed by atoms with Crippen LogP contribution >= 0.6 is 11.8 Å². The summed E-state index contributed by atoms with van der Waals surface area (Å²) in [6.07, 6.45) is 1.07. The maximum Gasteiger partial charge on any atom is 0.0991 e. The summed E-state index contributed by atoms with van der Waals surface area (Å²) in [7, 11) is 0. The van der Waals surface area contributed by atoms with Crippen LogP contribution in [0.3, 0.4) is 0 Å². The van der Waals surface area contributed by atoms with Gasteiger partial charge in [0.2, 0.25) is 0 Å². The summed E-state index contributed by atoms with van der Waals surface area (Å²) in [5, 5.41) is 8.70. The first-order chi connectivity index (χ1) is 8.38. The van der Waals surface area contributed by atoms with Crippen LogP contribution < -0.4 is 0 Å². The van der Waals surface area contributed by atoms with Crippen molar-refractivity contribution in [2.45, 2.75) is 11.3 Å². The summed E-state index contributed by atoms with van der Waals surface area (Å²) in [6.45, 7) is 0. The fourth-order valence-electron chi connectivity index (χ4n) is 1.56. The molecule has 0 aliphatic carbocycles. The van der Waals surface area contributed by atoms with E-state index >= 15 is 0 Å². The Hall–Kier alpha value is -1.72. The SMILES string of the molecule is N#Cc1ccc(SCCc2ccccc2)cc1. The minimum atomic E-state index is 0.720. The third-order valence-corrected chi connectivity index (χ3v) is 3.50. The highest BCUT2D eigenvalue weighted by molar-refractivity contribution is 7.99. The molecule has 1 nitrogen and oxygen atoms in total. The second kappa shape index (κ2) is 6.12. The van der Waals surface area contributed by atoms with E-state index in [1.54, 1.807) is 0 Å². The summed E-state index contributed by atoms with van der Waals surface area (Å²) in [5.41, 5.74) is 2.09. The van der Waals surface area contributed by atoms with E-state index in [1.807, 2.05) is 42.1 Å². The van der Waals surface area contributed by atoms with Gasteiger partial charge in [-0.3, -0.25) is 0 Å². The smallest absolute Gasteiger partial charge is 0.0991 e. The van der Waals surface area contributed by atoms with Gasteiger partial charge in [-0.25, -0.2) is 0 Å². The summed E-state index contributed by atoms with van der Waals surface area (Å²) < 4.78 is 0. The lowest BCUT2D eigenvalue weighted by Crippen LogP contribution is -1.87. The van der Waals surface area contributed by atoms with Crippen molar-refractivity contribution in [1.82, 2.24) is 0 Å². The molecule has 0 atom stereocenters. The van der Waals surface area contributed by atoms with E-state index in [0.29, 0.717) is 0 Å². The van der Waals surface area contributed by atoms with Gasteiger partial charge in [0, 0.05) is 10.6 Å². The average molecular weight is 239 g/mol. The minimum Gasteiger partial charge on any atom is -0.192 e. The molecular weight excluding hydrogens is 226 g/mol. The summed E-state index contributed by atoms with van der Waals surface area (Å²) >= 11 is 1.83. The van der Waals surface area contributed by atoms with Crippen molar-refractivity contribution >= 4 is 11.8 Å². The van der Waals surface area contributed by atoms with Crippen molar-refractivity contribution in [3.63, 3.8) is 0 Å². The fourth-order valence-corrected chi connectivity index (χ4v) is 2.46. The van der Waals surface area contributed by atoms with Gasteiger partial charge < -0.3 is 0 Å². The molecule has 0 spiro atoms. The normalized spacial score (nSPS) is 9.82. The molecule has 0 bridgehead atoms. The number of aryl methyl sites for hydroxylation is 1. The van der Waals surface area contributed by atoms with Crippen LogP contribution in [0.5, 0.6) is 0 Å². The molecule has 0 heterocycles. The van der Waals surface area contributed by atoms with Crippen molar-refractivity contribution in [2.75, 3.05) is 5.75 Å². The Kier molecular flexibility index (Phi) is 4.23. The first-order valence-electron chi connectivity index (χ1n) is 5.55. The first kappa shape index (κ1) is 11.8. The van der Waals surface area contributed by atoms with Crippen LogP contribution in [0.15, 0.2) is 59.5 Å². The lowest BCUT2D eigenvalue weighted by Gasteiger charge is -2.02. The monoisotopic (exact) mass is 239 g/mol. The highest BCUT2D eigenvalue weighted by Crippen LogP contribution is 2.19. The number of rotatable bonds is 4. The van der Waals surface area contributed by atoms with Gasteiger partial charge in [-0.2, -0.15) is 5.26 Å². The number of nitrogens with zero attached hydrogens (tertiary/aromatic N) is 1. The van der Waals surface area contributed by atoms with Crippen LogP contribution in [0, 0.1) is 11.3 Å². The van der Waals surface area contributed by atoms with E-state index in [0.717, 1.165) is 17.7 Å². The fraction of sp³-hybridized carbons (Fsp3) is 0.133.